The summed E-state index contributed by atoms with van der Waals surface area (Å²) in [5, 5.41) is 13.0. The van der Waals surface area contributed by atoms with Crippen molar-refractivity contribution in [3.05, 3.63) is 35.9 Å². The Morgan fingerprint density at radius 2 is 2.18 bits per heavy atom. The van der Waals surface area contributed by atoms with Gasteiger partial charge in [-0.3, -0.25) is 9.69 Å². The summed E-state index contributed by atoms with van der Waals surface area (Å²) in [6.45, 7) is 4.06. The van der Waals surface area contributed by atoms with E-state index in [9.17, 15) is 9.90 Å². The molecule has 0 saturated carbocycles. The molecule has 122 valence electrons. The van der Waals surface area contributed by atoms with Gasteiger partial charge >= 0.3 is 0 Å². The molecule has 0 spiro atoms. The summed E-state index contributed by atoms with van der Waals surface area (Å²) in [7, 11) is 0. The quantitative estimate of drug-likeness (QED) is 0.803. The lowest BCUT2D eigenvalue weighted by atomic mass is 10.1. The van der Waals surface area contributed by atoms with Gasteiger partial charge in [0.25, 0.3) is 0 Å². The molecule has 3 atom stereocenters. The number of amides is 1. The van der Waals surface area contributed by atoms with E-state index in [1.165, 1.54) is 5.56 Å². The van der Waals surface area contributed by atoms with Crippen LogP contribution in [0.25, 0.3) is 0 Å². The zero-order valence-electron chi connectivity index (χ0n) is 13.4. The van der Waals surface area contributed by atoms with E-state index >= 15 is 0 Å². The molecule has 4 nitrogen and oxygen atoms in total. The number of rotatable bonds is 7. The Kier molecular flexibility index (Phi) is 6.73. The van der Waals surface area contributed by atoms with Crippen LogP contribution in [0.2, 0.25) is 0 Å². The smallest absolute Gasteiger partial charge is 0.223 e. The number of hydrogen-bond acceptors (Lipinski definition) is 4. The van der Waals surface area contributed by atoms with E-state index in [4.69, 9.17) is 0 Å². The highest BCUT2D eigenvalue weighted by Crippen LogP contribution is 2.20. The molecule has 1 fully saturated rings. The zero-order valence-corrected chi connectivity index (χ0v) is 14.2. The predicted molar refractivity (Wildman–Crippen MR) is 91.8 cm³/mol. The molecule has 3 unspecified atom stereocenters. The summed E-state index contributed by atoms with van der Waals surface area (Å²) in [4.78, 5) is 14.3. The summed E-state index contributed by atoms with van der Waals surface area (Å²) in [5.74, 6) is 0.978. The van der Waals surface area contributed by atoms with Crippen LogP contribution in [-0.2, 0) is 11.3 Å². The van der Waals surface area contributed by atoms with Crippen LogP contribution in [0.5, 0.6) is 0 Å². The molecule has 1 amide bonds. The monoisotopic (exact) mass is 322 g/mol. The summed E-state index contributed by atoms with van der Waals surface area (Å²) in [5.41, 5.74) is 1.24. The van der Waals surface area contributed by atoms with Crippen LogP contribution < -0.4 is 5.32 Å². The summed E-state index contributed by atoms with van der Waals surface area (Å²) >= 11 is 1.69. The number of hydrogen-bond donors (Lipinski definition) is 2. The third-order valence-corrected chi connectivity index (χ3v) is 4.94. The average Bonchev–Trinajstić information content (AvgIpc) is 2.85. The van der Waals surface area contributed by atoms with Gasteiger partial charge in [0.15, 0.2) is 0 Å². The van der Waals surface area contributed by atoms with E-state index in [0.717, 1.165) is 18.7 Å². The third kappa shape index (κ3) is 5.00. The first-order chi connectivity index (χ1) is 10.6. The second-order valence-corrected chi connectivity index (χ2v) is 6.97. The minimum atomic E-state index is -0.297. The predicted octanol–water partition coefficient (Wildman–Crippen LogP) is 1.74. The second-order valence-electron chi connectivity index (χ2n) is 6.06. The highest BCUT2D eigenvalue weighted by molar-refractivity contribution is 7.98. The number of likely N-dealkylation sites (tertiary alicyclic amines) is 1. The number of nitrogens with one attached hydrogen (secondary N) is 1. The Hall–Kier alpha value is -1.04. The molecule has 1 aliphatic heterocycles. The number of aliphatic hydroxyl groups is 1. The molecule has 5 heteroatoms. The lowest BCUT2D eigenvalue weighted by Gasteiger charge is -2.25. The fourth-order valence-electron chi connectivity index (χ4n) is 2.90. The number of carbonyl (C=O) groups is 1. The van der Waals surface area contributed by atoms with Crippen molar-refractivity contribution in [3.63, 3.8) is 0 Å². The zero-order chi connectivity index (χ0) is 15.9. The van der Waals surface area contributed by atoms with Gasteiger partial charge in [-0.15, -0.1) is 0 Å². The molecule has 22 heavy (non-hydrogen) atoms. The van der Waals surface area contributed by atoms with Crippen LogP contribution >= 0.6 is 11.8 Å². The van der Waals surface area contributed by atoms with Crippen molar-refractivity contribution in [2.75, 3.05) is 25.1 Å². The number of benzene rings is 1. The molecule has 1 aliphatic rings. The van der Waals surface area contributed by atoms with E-state index in [1.807, 2.05) is 31.4 Å². The van der Waals surface area contributed by atoms with Gasteiger partial charge in [0.05, 0.1) is 6.10 Å². The lowest BCUT2D eigenvalue weighted by molar-refractivity contribution is -0.124. The molecule has 1 heterocycles. The van der Waals surface area contributed by atoms with Crippen molar-refractivity contribution in [2.24, 2.45) is 5.92 Å². The molecule has 1 saturated heterocycles. The summed E-state index contributed by atoms with van der Waals surface area (Å²) < 4.78 is 0. The molecular weight excluding hydrogens is 296 g/mol. The Morgan fingerprint density at radius 1 is 1.45 bits per heavy atom. The molecule has 2 rings (SSSR count). The molecule has 0 aliphatic carbocycles. The van der Waals surface area contributed by atoms with Gasteiger partial charge in [-0.25, -0.2) is 0 Å². The number of β-amino-alcohol motifs (C(OH)–C–C–N with tert-alkyl or cyclic N) is 1. The minimum absolute atomic E-state index is 0.0314. The van der Waals surface area contributed by atoms with Crippen molar-refractivity contribution in [1.82, 2.24) is 10.2 Å². The second kappa shape index (κ2) is 8.56. The number of nitrogens with zero attached hydrogens (tertiary/aromatic N) is 1. The normalized spacial score (nSPS) is 23.4. The lowest BCUT2D eigenvalue weighted by Crippen LogP contribution is -2.41. The van der Waals surface area contributed by atoms with Crippen molar-refractivity contribution >= 4 is 17.7 Å². The fraction of sp³-hybridized carbons (Fsp3) is 0.588. The van der Waals surface area contributed by atoms with Crippen LogP contribution in [0, 0.1) is 5.92 Å². The van der Waals surface area contributed by atoms with Crippen molar-refractivity contribution in [1.29, 1.82) is 0 Å². The maximum absolute atomic E-state index is 12.0. The van der Waals surface area contributed by atoms with Crippen molar-refractivity contribution in [2.45, 2.75) is 32.0 Å². The van der Waals surface area contributed by atoms with E-state index in [0.29, 0.717) is 13.1 Å². The Balaban J connectivity index is 1.87. The van der Waals surface area contributed by atoms with E-state index in [-0.39, 0.29) is 24.0 Å². The van der Waals surface area contributed by atoms with Crippen LogP contribution in [0.15, 0.2) is 30.3 Å². The van der Waals surface area contributed by atoms with Gasteiger partial charge in [0.2, 0.25) is 5.91 Å². The van der Waals surface area contributed by atoms with E-state index in [1.54, 1.807) is 11.8 Å². The average molecular weight is 322 g/mol. The first-order valence-corrected chi connectivity index (χ1v) is 9.22. The molecular formula is C17H26N2O2S. The van der Waals surface area contributed by atoms with Crippen molar-refractivity contribution < 1.29 is 9.90 Å². The Morgan fingerprint density at radius 3 is 2.86 bits per heavy atom. The molecule has 1 aromatic carbocycles. The standard InChI is InChI=1S/C17H26N2O2S/c1-13(12-22-2)17(21)18-9-15-8-16(20)11-19(15)10-14-6-4-3-5-7-14/h3-7,13,15-16,20H,8-12H2,1-2H3,(H,18,21). The largest absolute Gasteiger partial charge is 0.392 e. The molecule has 0 radical (unpaired) electrons. The van der Waals surface area contributed by atoms with Crippen LogP contribution in [-0.4, -0.2) is 53.2 Å². The minimum Gasteiger partial charge on any atom is -0.392 e. The topological polar surface area (TPSA) is 52.6 Å². The van der Waals surface area contributed by atoms with E-state index < -0.39 is 0 Å². The van der Waals surface area contributed by atoms with Gasteiger partial charge in [-0.1, -0.05) is 37.3 Å². The van der Waals surface area contributed by atoms with Crippen LogP contribution in [0.4, 0.5) is 0 Å². The van der Waals surface area contributed by atoms with Gasteiger partial charge in [-0.05, 0) is 18.2 Å². The summed E-state index contributed by atoms with van der Waals surface area (Å²) in [6, 6.07) is 10.5. The number of aliphatic hydroxyl groups excluding tert-OH is 1. The van der Waals surface area contributed by atoms with Gasteiger partial charge in [-0.2, -0.15) is 11.8 Å². The van der Waals surface area contributed by atoms with Gasteiger partial charge in [0.1, 0.15) is 0 Å². The Bertz CT molecular complexity index is 469. The highest BCUT2D eigenvalue weighted by atomic mass is 32.2. The number of thioether (sulfide) groups is 1. The fourth-order valence-corrected chi connectivity index (χ4v) is 3.55. The SMILES string of the molecule is CSCC(C)C(=O)NCC1CC(O)CN1Cc1ccccc1. The molecule has 2 N–H and O–H groups in total. The molecule has 0 bridgehead atoms. The Labute approximate surface area is 137 Å². The highest BCUT2D eigenvalue weighted by Gasteiger charge is 2.31. The maximum atomic E-state index is 12.0. The first-order valence-electron chi connectivity index (χ1n) is 7.82. The van der Waals surface area contributed by atoms with E-state index in [2.05, 4.69) is 22.3 Å². The maximum Gasteiger partial charge on any atom is 0.223 e. The van der Waals surface area contributed by atoms with Crippen LogP contribution in [0.3, 0.4) is 0 Å². The number of carbonyl (C=O) groups excluding carboxylic acids is 1. The third-order valence-electron chi connectivity index (χ3n) is 4.11. The van der Waals surface area contributed by atoms with Gasteiger partial charge in [0, 0.05) is 37.3 Å². The molecule has 1 aromatic rings. The first kappa shape index (κ1) is 17.3. The summed E-state index contributed by atoms with van der Waals surface area (Å²) in [6.07, 6.45) is 2.44. The van der Waals surface area contributed by atoms with Crippen LogP contribution in [0.1, 0.15) is 18.9 Å². The van der Waals surface area contributed by atoms with Crippen molar-refractivity contribution in [3.8, 4) is 0 Å². The van der Waals surface area contributed by atoms with Gasteiger partial charge < -0.3 is 10.4 Å². The molecule has 0 aromatic heterocycles.